The minimum atomic E-state index is -0.115. The SMILES string of the molecule is Nc1ccccc1NC(=O)CCCn1cc(Br)ccc1=O. The van der Waals surface area contributed by atoms with Gasteiger partial charge in [-0.15, -0.1) is 0 Å². The van der Waals surface area contributed by atoms with Crippen LogP contribution in [0.25, 0.3) is 0 Å². The largest absolute Gasteiger partial charge is 0.397 e. The highest BCUT2D eigenvalue weighted by Gasteiger charge is 2.05. The first kappa shape index (κ1) is 15.3. The van der Waals surface area contributed by atoms with E-state index in [4.69, 9.17) is 5.73 Å². The standard InChI is InChI=1S/C15H16BrN3O2/c16-11-7-8-15(21)19(10-11)9-3-6-14(20)18-13-5-2-1-4-12(13)17/h1-2,4-5,7-8,10H,3,6,9,17H2,(H,18,20). The summed E-state index contributed by atoms with van der Waals surface area (Å²) >= 11 is 3.32. The van der Waals surface area contributed by atoms with Gasteiger partial charge in [-0.2, -0.15) is 0 Å². The van der Waals surface area contributed by atoms with Gasteiger partial charge in [-0.25, -0.2) is 0 Å². The predicted molar refractivity (Wildman–Crippen MR) is 87.1 cm³/mol. The summed E-state index contributed by atoms with van der Waals surface area (Å²) in [5.41, 5.74) is 6.83. The van der Waals surface area contributed by atoms with Crippen molar-refractivity contribution in [1.29, 1.82) is 0 Å². The molecule has 0 radical (unpaired) electrons. The molecule has 0 unspecified atom stereocenters. The lowest BCUT2D eigenvalue weighted by molar-refractivity contribution is -0.116. The highest BCUT2D eigenvalue weighted by Crippen LogP contribution is 2.17. The molecule has 0 aliphatic heterocycles. The van der Waals surface area contributed by atoms with Crippen molar-refractivity contribution in [3.05, 3.63) is 57.4 Å². The van der Waals surface area contributed by atoms with Gasteiger partial charge >= 0.3 is 0 Å². The molecule has 1 aromatic carbocycles. The summed E-state index contributed by atoms with van der Waals surface area (Å²) in [5.74, 6) is -0.115. The molecule has 1 aromatic heterocycles. The lowest BCUT2D eigenvalue weighted by atomic mass is 10.2. The van der Waals surface area contributed by atoms with Crippen LogP contribution in [0.15, 0.2) is 51.9 Å². The maximum Gasteiger partial charge on any atom is 0.250 e. The Bertz CT molecular complexity index is 697. The number of hydrogen-bond acceptors (Lipinski definition) is 3. The van der Waals surface area contributed by atoms with Crippen molar-refractivity contribution in [2.45, 2.75) is 19.4 Å². The molecule has 0 aliphatic rings. The fourth-order valence-electron chi connectivity index (χ4n) is 1.91. The van der Waals surface area contributed by atoms with Crippen LogP contribution in [0.3, 0.4) is 0 Å². The number of carbonyl (C=O) groups excluding carboxylic acids is 1. The van der Waals surface area contributed by atoms with Gasteiger partial charge in [0.25, 0.3) is 5.56 Å². The number of para-hydroxylation sites is 2. The van der Waals surface area contributed by atoms with Gasteiger partial charge in [-0.3, -0.25) is 9.59 Å². The molecule has 2 rings (SSSR count). The van der Waals surface area contributed by atoms with Crippen molar-refractivity contribution in [2.75, 3.05) is 11.1 Å². The molecular weight excluding hydrogens is 334 g/mol. The number of pyridine rings is 1. The number of benzene rings is 1. The monoisotopic (exact) mass is 349 g/mol. The van der Waals surface area contributed by atoms with Crippen LogP contribution in [0.2, 0.25) is 0 Å². The Morgan fingerprint density at radius 1 is 1.24 bits per heavy atom. The summed E-state index contributed by atoms with van der Waals surface area (Å²) in [6.07, 6.45) is 2.62. The molecule has 1 heterocycles. The molecule has 0 fully saturated rings. The summed E-state index contributed by atoms with van der Waals surface area (Å²) in [7, 11) is 0. The predicted octanol–water partition coefficient (Wildman–Crippen LogP) is 2.61. The number of nitrogens with two attached hydrogens (primary N) is 1. The zero-order chi connectivity index (χ0) is 15.2. The molecule has 3 N–H and O–H groups in total. The number of amides is 1. The van der Waals surface area contributed by atoms with Gasteiger partial charge in [0.15, 0.2) is 0 Å². The molecular formula is C15H16BrN3O2. The lowest BCUT2D eigenvalue weighted by Gasteiger charge is -2.08. The molecule has 21 heavy (non-hydrogen) atoms. The normalized spacial score (nSPS) is 10.3. The smallest absolute Gasteiger partial charge is 0.250 e. The van der Waals surface area contributed by atoms with Crippen LogP contribution in [0, 0.1) is 0 Å². The van der Waals surface area contributed by atoms with Gasteiger partial charge < -0.3 is 15.6 Å². The highest BCUT2D eigenvalue weighted by atomic mass is 79.9. The molecule has 0 aliphatic carbocycles. The number of aromatic nitrogens is 1. The Balaban J connectivity index is 1.86. The first-order chi connectivity index (χ1) is 10.1. The number of hydrogen-bond donors (Lipinski definition) is 2. The van der Waals surface area contributed by atoms with Gasteiger partial charge in [-0.1, -0.05) is 12.1 Å². The van der Waals surface area contributed by atoms with Gasteiger partial charge in [0.1, 0.15) is 0 Å². The van der Waals surface area contributed by atoms with Crippen LogP contribution in [-0.2, 0) is 11.3 Å². The van der Waals surface area contributed by atoms with Crippen LogP contribution in [0.5, 0.6) is 0 Å². The summed E-state index contributed by atoms with van der Waals surface area (Å²) in [6.45, 7) is 0.496. The molecule has 110 valence electrons. The molecule has 6 heteroatoms. The number of anilines is 2. The van der Waals surface area contributed by atoms with Crippen LogP contribution in [0.1, 0.15) is 12.8 Å². The fourth-order valence-corrected chi connectivity index (χ4v) is 2.29. The average Bonchev–Trinajstić information content (AvgIpc) is 2.45. The van der Waals surface area contributed by atoms with Gasteiger partial charge in [0.2, 0.25) is 5.91 Å². The minimum Gasteiger partial charge on any atom is -0.397 e. The van der Waals surface area contributed by atoms with Crippen LogP contribution < -0.4 is 16.6 Å². The van der Waals surface area contributed by atoms with E-state index in [0.717, 1.165) is 4.47 Å². The number of halogens is 1. The second-order valence-electron chi connectivity index (χ2n) is 4.62. The van der Waals surface area contributed by atoms with Crippen molar-refractivity contribution in [3.63, 3.8) is 0 Å². The van der Waals surface area contributed by atoms with E-state index in [-0.39, 0.29) is 11.5 Å². The van der Waals surface area contributed by atoms with E-state index in [2.05, 4.69) is 21.2 Å². The molecule has 0 atom stereocenters. The van der Waals surface area contributed by atoms with E-state index < -0.39 is 0 Å². The highest BCUT2D eigenvalue weighted by molar-refractivity contribution is 9.10. The third kappa shape index (κ3) is 4.46. The topological polar surface area (TPSA) is 77.1 Å². The molecule has 0 bridgehead atoms. The second-order valence-corrected chi connectivity index (χ2v) is 5.53. The molecule has 5 nitrogen and oxygen atoms in total. The molecule has 2 aromatic rings. The third-order valence-electron chi connectivity index (χ3n) is 2.99. The van der Waals surface area contributed by atoms with Crippen molar-refractivity contribution in [3.8, 4) is 0 Å². The maximum absolute atomic E-state index is 11.8. The first-order valence-electron chi connectivity index (χ1n) is 6.56. The second kappa shape index (κ2) is 7.08. The van der Waals surface area contributed by atoms with E-state index >= 15 is 0 Å². The minimum absolute atomic E-state index is 0.0779. The van der Waals surface area contributed by atoms with Crippen LogP contribution >= 0.6 is 15.9 Å². The quantitative estimate of drug-likeness (QED) is 0.814. The van der Waals surface area contributed by atoms with Crippen LogP contribution in [-0.4, -0.2) is 10.5 Å². The van der Waals surface area contributed by atoms with E-state index in [0.29, 0.717) is 30.8 Å². The third-order valence-corrected chi connectivity index (χ3v) is 3.45. The number of nitrogens with one attached hydrogen (secondary N) is 1. The molecule has 0 spiro atoms. The Morgan fingerprint density at radius 3 is 2.76 bits per heavy atom. The Morgan fingerprint density at radius 2 is 2.00 bits per heavy atom. The van der Waals surface area contributed by atoms with E-state index in [1.807, 2.05) is 12.1 Å². The summed E-state index contributed by atoms with van der Waals surface area (Å²) < 4.78 is 2.41. The van der Waals surface area contributed by atoms with E-state index in [9.17, 15) is 9.59 Å². The molecule has 0 saturated heterocycles. The number of rotatable bonds is 5. The number of nitrogen functional groups attached to an aromatic ring is 1. The average molecular weight is 350 g/mol. The fraction of sp³-hybridized carbons (Fsp3) is 0.200. The molecule has 0 saturated carbocycles. The van der Waals surface area contributed by atoms with Crippen LogP contribution in [0.4, 0.5) is 11.4 Å². The van der Waals surface area contributed by atoms with Crippen molar-refractivity contribution in [2.24, 2.45) is 0 Å². The Labute approximate surface area is 130 Å². The summed E-state index contributed by atoms with van der Waals surface area (Å²) in [6, 6.07) is 10.3. The first-order valence-corrected chi connectivity index (χ1v) is 7.36. The van der Waals surface area contributed by atoms with Crippen molar-refractivity contribution < 1.29 is 4.79 Å². The van der Waals surface area contributed by atoms with E-state index in [1.165, 1.54) is 6.07 Å². The van der Waals surface area contributed by atoms with Crippen molar-refractivity contribution in [1.82, 2.24) is 4.57 Å². The summed E-state index contributed by atoms with van der Waals surface area (Å²) in [4.78, 5) is 23.5. The Kier molecular flexibility index (Phi) is 5.16. The maximum atomic E-state index is 11.8. The zero-order valence-corrected chi connectivity index (χ0v) is 13.0. The molecule has 1 amide bonds. The summed E-state index contributed by atoms with van der Waals surface area (Å²) in [5, 5.41) is 2.76. The Hall–Kier alpha value is -2.08. The number of carbonyl (C=O) groups is 1. The van der Waals surface area contributed by atoms with Gasteiger partial charge in [0, 0.05) is 29.7 Å². The number of aryl methyl sites for hydroxylation is 1. The van der Waals surface area contributed by atoms with Crippen molar-refractivity contribution >= 4 is 33.2 Å². The van der Waals surface area contributed by atoms with Gasteiger partial charge in [0.05, 0.1) is 11.4 Å². The lowest BCUT2D eigenvalue weighted by Crippen LogP contribution is -2.20. The van der Waals surface area contributed by atoms with Gasteiger partial charge in [-0.05, 0) is 40.5 Å². The number of nitrogens with zero attached hydrogens (tertiary/aromatic N) is 1. The zero-order valence-electron chi connectivity index (χ0n) is 11.4. The van der Waals surface area contributed by atoms with E-state index in [1.54, 1.807) is 29.0 Å².